The number of benzene rings is 6. The quantitative estimate of drug-likeness (QED) is 0.0165. The van der Waals surface area contributed by atoms with E-state index >= 15 is 0 Å². The topological polar surface area (TPSA) is 371 Å². The molecule has 6 aromatic rings. The van der Waals surface area contributed by atoms with E-state index in [2.05, 4.69) is 45.4 Å². The van der Waals surface area contributed by atoms with Gasteiger partial charge in [-0.3, -0.25) is 19.2 Å². The fourth-order valence-electron chi connectivity index (χ4n) is 14.9. The number of carbonyl (C=O) groups is 5. The Morgan fingerprint density at radius 1 is 0.475 bits per heavy atom. The summed E-state index contributed by atoms with van der Waals surface area (Å²) < 4.78 is 120. The van der Waals surface area contributed by atoms with Gasteiger partial charge in [-0.15, -0.1) is 0 Å². The van der Waals surface area contributed by atoms with Gasteiger partial charge in [-0.2, -0.15) is 0 Å². The minimum atomic E-state index is -3.93. The Kier molecular flexibility index (Phi) is 38.4. The summed E-state index contributed by atoms with van der Waals surface area (Å²) in [6.07, 6.45) is -1.82. The number of fused-ring (bicyclic) bond motifs is 3. The van der Waals surface area contributed by atoms with E-state index < -0.39 is 71.3 Å². The van der Waals surface area contributed by atoms with Crippen LogP contribution in [-0.2, 0) is 97.1 Å². The van der Waals surface area contributed by atoms with Crippen molar-refractivity contribution < 1.29 is 82.8 Å². The molecule has 6 atom stereocenters. The van der Waals surface area contributed by atoms with Crippen molar-refractivity contribution in [3.8, 4) is 0 Å². The number of halogens is 6. The molecule has 28 nitrogen and oxygen atoms in total. The number of sulfone groups is 1. The standard InChI is InChI=1S/C83H108Cl6N10O18S3/c1-55(100)80(81(90)104)95-82(105)96-83(20-17-62(101)13-8-27-112-33-36-116-31-25-93-119(108,109)64-15-6-11-57(41-64)70-50-98(3)53-73-67(70)44-60(85)47-76(73)88,21-18-78(102)91-23-29-114-35-34-113-28-9-39-118(106,107)63-14-5-10-56(40-63)69-49-97(2)52-72-66(69)43-59(84)46-75(72)87)22-19-79(103)92-24-30-115-37-38-117-32-26-94-120(110,111)65-16-7-12-58(42-65)71-51-99(4)54-74-68(71)45-61(86)48-77(74)89/h5-7,10-12,14-16,40-48,55,69-71,80,93-94,100H,8-9,13,17-39,49-54H2,1-4H3,(H2,90,104)(H,91,102)(H,92,103)(H2,95,96,105)/t55-,69+,70+,71+,80+,83?/m1/s1. The Labute approximate surface area is 733 Å². The van der Waals surface area contributed by atoms with Crippen molar-refractivity contribution >= 4 is 129 Å². The maximum atomic E-state index is 13.9. The molecule has 5 amide bonds. The number of rotatable bonds is 50. The van der Waals surface area contributed by atoms with Crippen molar-refractivity contribution in [2.24, 2.45) is 5.73 Å². The van der Waals surface area contributed by atoms with Gasteiger partial charge < -0.3 is 75.2 Å². The van der Waals surface area contributed by atoms with Crippen molar-refractivity contribution in [3.63, 3.8) is 0 Å². The summed E-state index contributed by atoms with van der Waals surface area (Å²) in [5.74, 6) is -2.87. The first-order chi connectivity index (χ1) is 57.2. The summed E-state index contributed by atoms with van der Waals surface area (Å²) in [6, 6.07) is 28.7. The lowest BCUT2D eigenvalue weighted by Crippen LogP contribution is -2.59. The van der Waals surface area contributed by atoms with Crippen molar-refractivity contribution in [3.05, 3.63) is 189 Å². The molecule has 0 bridgehead atoms. The second kappa shape index (κ2) is 47.2. The van der Waals surface area contributed by atoms with Crippen LogP contribution >= 0.6 is 69.6 Å². The number of nitrogens with two attached hydrogens (primary N) is 1. The summed E-state index contributed by atoms with van der Waals surface area (Å²) >= 11 is 39.0. The number of aliphatic hydroxyl groups excluding tert-OH is 1. The highest BCUT2D eigenvalue weighted by Gasteiger charge is 2.37. The molecule has 0 fully saturated rings. The molecule has 3 aliphatic rings. The lowest BCUT2D eigenvalue weighted by molar-refractivity contribution is -0.123. The zero-order chi connectivity index (χ0) is 86.7. The number of ether oxygens (including phenoxy) is 6. The summed E-state index contributed by atoms with van der Waals surface area (Å²) in [4.78, 5) is 74.1. The number of amides is 5. The molecular weight excluding hydrogens is 1730 g/mol. The van der Waals surface area contributed by atoms with Crippen LogP contribution in [-0.4, -0.2) is 244 Å². The fourth-order valence-corrected chi connectivity index (χ4v) is 20.1. The van der Waals surface area contributed by atoms with E-state index in [4.69, 9.17) is 104 Å². The van der Waals surface area contributed by atoms with Gasteiger partial charge in [-0.1, -0.05) is 106 Å². The van der Waals surface area contributed by atoms with Crippen LogP contribution in [0, 0.1) is 0 Å². The van der Waals surface area contributed by atoms with E-state index in [-0.39, 0.29) is 207 Å². The third-order valence-corrected chi connectivity index (χ3v) is 27.4. The lowest BCUT2D eigenvalue weighted by Gasteiger charge is -2.36. The number of hydrogen-bond donors (Lipinski definition) is 8. The number of nitrogens with one attached hydrogen (secondary N) is 6. The summed E-state index contributed by atoms with van der Waals surface area (Å²) in [5.41, 5.74) is 12.2. The van der Waals surface area contributed by atoms with E-state index in [1.165, 1.54) is 19.1 Å². The molecule has 0 aromatic heterocycles. The van der Waals surface area contributed by atoms with Crippen LogP contribution in [0.4, 0.5) is 4.79 Å². The number of carbonyl (C=O) groups excluding carboxylic acids is 5. The molecule has 9 rings (SSSR count). The van der Waals surface area contributed by atoms with Crippen molar-refractivity contribution in [1.82, 2.24) is 45.4 Å². The number of primary amides is 1. The summed E-state index contributed by atoms with van der Waals surface area (Å²) in [6.45, 7) is 6.31. The average molecular weight is 1840 g/mol. The monoisotopic (exact) mass is 1840 g/mol. The third-order valence-electron chi connectivity index (χ3n) is 21.0. The molecule has 0 radical (unpaired) electrons. The van der Waals surface area contributed by atoms with E-state index in [1.807, 2.05) is 57.5 Å². The predicted molar refractivity (Wildman–Crippen MR) is 462 cm³/mol. The van der Waals surface area contributed by atoms with Crippen LogP contribution in [0.2, 0.25) is 30.1 Å². The molecule has 9 N–H and O–H groups in total. The van der Waals surface area contributed by atoms with E-state index in [0.29, 0.717) is 69.4 Å². The van der Waals surface area contributed by atoms with Crippen LogP contribution in [0.5, 0.6) is 0 Å². The molecule has 0 saturated heterocycles. The number of likely N-dealkylation sites (N-methyl/N-ethyl adjacent to an activating group) is 3. The van der Waals surface area contributed by atoms with Gasteiger partial charge in [-0.05, 0) is 183 Å². The minimum Gasteiger partial charge on any atom is -0.391 e. The zero-order valence-electron chi connectivity index (χ0n) is 67.7. The number of nitrogens with zero attached hydrogens (tertiary/aromatic N) is 3. The third kappa shape index (κ3) is 29.7. The highest BCUT2D eigenvalue weighted by Crippen LogP contribution is 2.43. The van der Waals surface area contributed by atoms with Gasteiger partial charge in [0, 0.05) is 158 Å². The molecule has 1 unspecified atom stereocenters. The Hall–Kier alpha value is -6.22. The SMILES string of the molecule is C[C@@H](O)[C@H](NC(=O)NC(CCC(=O)CCCOCCOCCNS(=O)(=O)c1cccc([C@@H]2CN(C)Cc3c(Cl)cc(Cl)cc32)c1)(CCC(=O)NCCOCCOCCCS(=O)(=O)c1cccc([C@@H]2CN(C)Cc3c(Cl)cc(Cl)cc32)c1)CCC(=O)NCCOCCOCCNS(=O)(=O)c1cccc([C@@H]2CN(C)Cc3c(Cl)cc(Cl)cc32)c1)C(N)=O. The molecule has 3 aliphatic heterocycles. The number of Topliss-reactive ketones (excluding diaryl/α,β-unsaturated/α-hetero) is 1. The summed E-state index contributed by atoms with van der Waals surface area (Å²) in [5, 5.41) is 24.3. The van der Waals surface area contributed by atoms with Gasteiger partial charge >= 0.3 is 6.03 Å². The molecule has 0 saturated carbocycles. The average Bonchev–Trinajstić information content (AvgIpc) is 0.779. The molecule has 658 valence electrons. The molecule has 120 heavy (non-hydrogen) atoms. The van der Waals surface area contributed by atoms with Crippen LogP contribution in [0.1, 0.15) is 133 Å². The van der Waals surface area contributed by atoms with E-state index in [9.17, 15) is 54.3 Å². The normalized spacial score (nSPS) is 16.9. The van der Waals surface area contributed by atoms with Crippen molar-refractivity contribution in [2.75, 3.05) is 152 Å². The van der Waals surface area contributed by atoms with Gasteiger partial charge in [0.05, 0.1) is 92.6 Å². The molecule has 3 heterocycles. The minimum absolute atomic E-state index is 0.0212. The number of aliphatic hydroxyl groups is 1. The lowest BCUT2D eigenvalue weighted by atomic mass is 9.82. The van der Waals surface area contributed by atoms with Crippen LogP contribution in [0.25, 0.3) is 0 Å². The zero-order valence-corrected chi connectivity index (χ0v) is 74.7. The highest BCUT2D eigenvalue weighted by molar-refractivity contribution is 7.91. The van der Waals surface area contributed by atoms with Gasteiger partial charge in [-0.25, -0.2) is 39.5 Å². The Morgan fingerprint density at radius 3 is 1.23 bits per heavy atom. The van der Waals surface area contributed by atoms with Gasteiger partial charge in [0.2, 0.25) is 37.8 Å². The fraction of sp³-hybridized carbons (Fsp3) is 0.506. The van der Waals surface area contributed by atoms with Crippen LogP contribution < -0.4 is 36.4 Å². The maximum absolute atomic E-state index is 13.9. The predicted octanol–water partition coefficient (Wildman–Crippen LogP) is 9.75. The highest BCUT2D eigenvalue weighted by atomic mass is 35.5. The van der Waals surface area contributed by atoms with Gasteiger partial charge in [0.1, 0.15) is 11.8 Å². The Morgan fingerprint density at radius 2 is 0.833 bits per heavy atom. The number of hydrogen-bond acceptors (Lipinski definition) is 21. The van der Waals surface area contributed by atoms with Gasteiger partial charge in [0.15, 0.2) is 9.84 Å². The van der Waals surface area contributed by atoms with Crippen LogP contribution in [0.15, 0.2) is 124 Å². The smallest absolute Gasteiger partial charge is 0.315 e. The van der Waals surface area contributed by atoms with Crippen molar-refractivity contribution in [1.29, 1.82) is 0 Å². The second-order valence-corrected chi connectivity index (χ2v) is 38.5. The number of ketones is 1. The summed E-state index contributed by atoms with van der Waals surface area (Å²) in [7, 11) is -5.61. The first kappa shape index (κ1) is 97.6. The molecule has 0 aliphatic carbocycles. The molecular formula is C83H108Cl6N10O18S3. The molecule has 0 spiro atoms. The molecule has 6 aromatic carbocycles. The van der Waals surface area contributed by atoms with E-state index in [1.54, 1.807) is 60.7 Å². The second-order valence-electron chi connectivity index (χ2n) is 30.3. The molecule has 37 heteroatoms. The van der Waals surface area contributed by atoms with E-state index in [0.717, 1.165) is 50.1 Å². The number of urea groups is 1. The Balaban J connectivity index is 0.724. The largest absolute Gasteiger partial charge is 0.391 e. The van der Waals surface area contributed by atoms with Gasteiger partial charge in [0.25, 0.3) is 0 Å². The number of sulfonamides is 2. The first-order valence-corrected chi connectivity index (χ1v) is 46.7. The maximum Gasteiger partial charge on any atom is 0.315 e. The van der Waals surface area contributed by atoms with Crippen molar-refractivity contribution in [2.45, 2.75) is 134 Å². The van der Waals surface area contributed by atoms with Crippen LogP contribution in [0.3, 0.4) is 0 Å². The first-order valence-electron chi connectivity index (χ1n) is 39.8. The Bertz CT molecular complexity index is 4410.